The summed E-state index contributed by atoms with van der Waals surface area (Å²) in [5, 5.41) is 13.5. The Balaban J connectivity index is 4.17. The van der Waals surface area contributed by atoms with Gasteiger partial charge >= 0.3 is 12.0 Å². The molecule has 0 saturated heterocycles. The van der Waals surface area contributed by atoms with Crippen LogP contribution in [0.25, 0.3) is 0 Å². The molecule has 0 aromatic carbocycles. The van der Waals surface area contributed by atoms with Gasteiger partial charge in [0, 0.05) is 12.5 Å². The van der Waals surface area contributed by atoms with Gasteiger partial charge in [0.25, 0.3) is 0 Å². The molecule has 0 heterocycles. The lowest BCUT2D eigenvalue weighted by molar-refractivity contribution is -0.139. The van der Waals surface area contributed by atoms with E-state index in [1.165, 1.54) is 0 Å². The number of urea groups is 1. The van der Waals surface area contributed by atoms with Gasteiger partial charge in [0.05, 0.1) is 0 Å². The largest absolute Gasteiger partial charge is 0.480 e. The van der Waals surface area contributed by atoms with Gasteiger partial charge in [-0.3, -0.25) is 4.79 Å². The highest BCUT2D eigenvalue weighted by molar-refractivity contribution is 5.83. The lowest BCUT2D eigenvalue weighted by Gasteiger charge is -2.15. The number of aliphatic carboxylic acids is 1. The van der Waals surface area contributed by atoms with Gasteiger partial charge in [0.1, 0.15) is 6.04 Å². The topological polar surface area (TPSA) is 122 Å². The Bertz CT molecular complexity index is 278. The highest BCUT2D eigenvalue weighted by atomic mass is 16.4. The average molecular weight is 231 g/mol. The van der Waals surface area contributed by atoms with Crippen molar-refractivity contribution in [2.45, 2.75) is 38.8 Å². The van der Waals surface area contributed by atoms with Gasteiger partial charge < -0.3 is 21.5 Å². The fraction of sp³-hybridized carbons (Fsp3) is 0.667. The molecule has 0 radical (unpaired) electrons. The molecule has 7 heteroatoms. The summed E-state index contributed by atoms with van der Waals surface area (Å²) in [5.74, 6) is -1.79. The molecule has 16 heavy (non-hydrogen) atoms. The second kappa shape index (κ2) is 6.65. The maximum absolute atomic E-state index is 11.2. The smallest absolute Gasteiger partial charge is 0.326 e. The molecule has 0 saturated carbocycles. The minimum atomic E-state index is -1.19. The minimum Gasteiger partial charge on any atom is -0.480 e. The zero-order valence-electron chi connectivity index (χ0n) is 9.32. The Hall–Kier alpha value is -1.79. The molecule has 0 spiro atoms. The molecule has 1 unspecified atom stereocenters. The molecular formula is C9H17N3O4. The van der Waals surface area contributed by atoms with E-state index in [-0.39, 0.29) is 18.9 Å². The van der Waals surface area contributed by atoms with Crippen molar-refractivity contribution in [3.63, 3.8) is 0 Å². The summed E-state index contributed by atoms with van der Waals surface area (Å²) >= 11 is 0. The van der Waals surface area contributed by atoms with Crippen molar-refractivity contribution in [1.29, 1.82) is 0 Å². The molecule has 0 rings (SSSR count). The van der Waals surface area contributed by atoms with Gasteiger partial charge in [-0.25, -0.2) is 9.59 Å². The Morgan fingerprint density at radius 2 is 1.81 bits per heavy atom. The third kappa shape index (κ3) is 6.63. The monoisotopic (exact) mass is 231 g/mol. The predicted molar refractivity (Wildman–Crippen MR) is 56.7 cm³/mol. The maximum Gasteiger partial charge on any atom is 0.326 e. The number of carboxylic acids is 1. The molecule has 3 amide bonds. The standard InChI is InChI=1S/C9H17N3O4/c1-5(2)11-9(16)12-6(8(14)15)3-4-7(10)13/h5-6H,3-4H2,1-2H3,(H2,10,13)(H,14,15)(H2,11,12,16). The Morgan fingerprint density at radius 3 is 2.19 bits per heavy atom. The van der Waals surface area contributed by atoms with E-state index in [1.54, 1.807) is 13.8 Å². The zero-order valence-corrected chi connectivity index (χ0v) is 9.32. The molecule has 0 aliphatic rings. The zero-order chi connectivity index (χ0) is 12.7. The van der Waals surface area contributed by atoms with Gasteiger partial charge in [0.15, 0.2) is 0 Å². The third-order valence-corrected chi connectivity index (χ3v) is 1.70. The summed E-state index contributed by atoms with van der Waals surface area (Å²) in [6.07, 6.45) is -0.102. The summed E-state index contributed by atoms with van der Waals surface area (Å²) in [6.45, 7) is 3.50. The molecule has 92 valence electrons. The second-order valence-electron chi connectivity index (χ2n) is 3.67. The lowest BCUT2D eigenvalue weighted by atomic mass is 10.1. The Labute approximate surface area is 93.4 Å². The van der Waals surface area contributed by atoms with Crippen LogP contribution in [0.15, 0.2) is 0 Å². The van der Waals surface area contributed by atoms with Crippen molar-refractivity contribution in [2.75, 3.05) is 0 Å². The van der Waals surface area contributed by atoms with E-state index in [2.05, 4.69) is 10.6 Å². The molecule has 1 atom stereocenters. The molecule has 0 aromatic heterocycles. The van der Waals surface area contributed by atoms with Gasteiger partial charge in [-0.15, -0.1) is 0 Å². The van der Waals surface area contributed by atoms with E-state index in [9.17, 15) is 14.4 Å². The molecule has 0 fully saturated rings. The molecule has 7 nitrogen and oxygen atoms in total. The highest BCUT2D eigenvalue weighted by Gasteiger charge is 2.20. The second-order valence-corrected chi connectivity index (χ2v) is 3.67. The van der Waals surface area contributed by atoms with E-state index < -0.39 is 23.9 Å². The van der Waals surface area contributed by atoms with Gasteiger partial charge in [-0.1, -0.05) is 0 Å². The first-order valence-corrected chi connectivity index (χ1v) is 4.91. The summed E-state index contributed by atoms with van der Waals surface area (Å²) in [4.78, 5) is 32.4. The summed E-state index contributed by atoms with van der Waals surface area (Å²) in [6, 6.07) is -1.77. The predicted octanol–water partition coefficient (Wildman–Crippen LogP) is -0.587. The van der Waals surface area contributed by atoms with Crippen LogP contribution in [0.2, 0.25) is 0 Å². The molecule has 5 N–H and O–H groups in total. The van der Waals surface area contributed by atoms with E-state index in [4.69, 9.17) is 10.8 Å². The minimum absolute atomic E-state index is 0.0177. The van der Waals surface area contributed by atoms with Crippen molar-refractivity contribution < 1.29 is 19.5 Å². The van der Waals surface area contributed by atoms with Crippen LogP contribution in [0, 0.1) is 0 Å². The van der Waals surface area contributed by atoms with Crippen LogP contribution < -0.4 is 16.4 Å². The van der Waals surface area contributed by atoms with E-state index in [1.807, 2.05) is 0 Å². The first-order valence-electron chi connectivity index (χ1n) is 4.91. The molecular weight excluding hydrogens is 214 g/mol. The fourth-order valence-corrected chi connectivity index (χ4v) is 1.01. The summed E-state index contributed by atoms with van der Waals surface area (Å²) < 4.78 is 0. The Morgan fingerprint density at radius 1 is 1.25 bits per heavy atom. The van der Waals surface area contributed by atoms with E-state index >= 15 is 0 Å². The van der Waals surface area contributed by atoms with E-state index in [0.717, 1.165) is 0 Å². The number of carbonyl (C=O) groups excluding carboxylic acids is 2. The lowest BCUT2D eigenvalue weighted by Crippen LogP contribution is -2.48. The molecule has 0 bridgehead atoms. The third-order valence-electron chi connectivity index (χ3n) is 1.70. The summed E-state index contributed by atoms with van der Waals surface area (Å²) in [5.41, 5.74) is 4.89. The number of primary amides is 1. The first kappa shape index (κ1) is 14.2. The number of amides is 3. The van der Waals surface area contributed by atoms with Crippen LogP contribution in [0.1, 0.15) is 26.7 Å². The summed E-state index contributed by atoms with van der Waals surface area (Å²) in [7, 11) is 0. The average Bonchev–Trinajstić information content (AvgIpc) is 2.09. The van der Waals surface area contributed by atoms with Crippen molar-refractivity contribution in [3.05, 3.63) is 0 Å². The van der Waals surface area contributed by atoms with Crippen molar-refractivity contribution >= 4 is 17.9 Å². The SMILES string of the molecule is CC(C)NC(=O)NC(CCC(N)=O)C(=O)O. The van der Waals surface area contributed by atoms with Crippen molar-refractivity contribution in [3.8, 4) is 0 Å². The van der Waals surface area contributed by atoms with Crippen molar-refractivity contribution in [2.24, 2.45) is 5.73 Å². The van der Waals surface area contributed by atoms with Crippen LogP contribution >= 0.6 is 0 Å². The van der Waals surface area contributed by atoms with Gasteiger partial charge in [-0.2, -0.15) is 0 Å². The van der Waals surface area contributed by atoms with Crippen LogP contribution in [-0.4, -0.2) is 35.1 Å². The van der Waals surface area contributed by atoms with Crippen LogP contribution in [0.4, 0.5) is 4.79 Å². The number of carboxylic acid groups (broad SMARTS) is 1. The molecule has 0 aromatic rings. The highest BCUT2D eigenvalue weighted by Crippen LogP contribution is 1.97. The number of nitrogens with one attached hydrogen (secondary N) is 2. The number of rotatable bonds is 6. The van der Waals surface area contributed by atoms with Crippen molar-refractivity contribution in [1.82, 2.24) is 10.6 Å². The van der Waals surface area contributed by atoms with E-state index in [0.29, 0.717) is 0 Å². The van der Waals surface area contributed by atoms with Crippen LogP contribution in [-0.2, 0) is 9.59 Å². The number of nitrogens with two attached hydrogens (primary N) is 1. The molecule has 0 aliphatic heterocycles. The number of hydrogen-bond donors (Lipinski definition) is 4. The maximum atomic E-state index is 11.2. The van der Waals surface area contributed by atoms with Gasteiger partial charge in [0.2, 0.25) is 5.91 Å². The molecule has 0 aliphatic carbocycles. The van der Waals surface area contributed by atoms with Gasteiger partial charge in [-0.05, 0) is 20.3 Å². The number of hydrogen-bond acceptors (Lipinski definition) is 3. The first-order chi connectivity index (χ1) is 7.32. The van der Waals surface area contributed by atoms with Crippen LogP contribution in [0.5, 0.6) is 0 Å². The Kier molecular flexibility index (Phi) is 5.91. The van der Waals surface area contributed by atoms with Crippen LogP contribution in [0.3, 0.4) is 0 Å². The quantitative estimate of drug-likeness (QED) is 0.488. The normalized spacial score (nSPS) is 11.9. The fourth-order valence-electron chi connectivity index (χ4n) is 1.01. The number of carbonyl (C=O) groups is 3.